The lowest BCUT2D eigenvalue weighted by molar-refractivity contribution is -0.305. The van der Waals surface area contributed by atoms with Gasteiger partial charge in [-0.2, -0.15) is 5.10 Å². The maximum atomic E-state index is 11.6. The Morgan fingerprint density at radius 1 is 1.19 bits per heavy atom. The van der Waals surface area contributed by atoms with E-state index in [1.165, 1.54) is 0 Å². The van der Waals surface area contributed by atoms with Crippen LogP contribution in [0.3, 0.4) is 0 Å². The highest BCUT2D eigenvalue weighted by Gasteiger charge is 2.05. The molecule has 0 fully saturated rings. The number of amides is 1. The molecule has 0 spiro atoms. The van der Waals surface area contributed by atoms with Crippen LogP contribution in [0.15, 0.2) is 42.7 Å². The number of rotatable bonds is 7. The van der Waals surface area contributed by atoms with Crippen molar-refractivity contribution in [3.05, 3.63) is 48.3 Å². The van der Waals surface area contributed by atoms with Crippen molar-refractivity contribution >= 4 is 17.6 Å². The first-order valence-electron chi connectivity index (χ1n) is 6.69. The topological polar surface area (TPSA) is 87.0 Å². The smallest absolute Gasteiger partial charge is 0.224 e. The number of nitrogens with one attached hydrogen (secondary N) is 1. The van der Waals surface area contributed by atoms with Crippen LogP contribution in [-0.2, 0) is 16.1 Å². The fraction of sp³-hybridized carbons (Fsp3) is 0.267. The zero-order chi connectivity index (χ0) is 15.1. The first-order chi connectivity index (χ1) is 10.1. The number of carbonyl (C=O) groups is 2. The molecule has 0 aliphatic carbocycles. The van der Waals surface area contributed by atoms with Crippen LogP contribution in [0.5, 0.6) is 0 Å². The number of anilines is 1. The Labute approximate surface area is 122 Å². The minimum Gasteiger partial charge on any atom is -0.550 e. The average molecular weight is 286 g/mol. The van der Waals surface area contributed by atoms with Gasteiger partial charge in [0.15, 0.2) is 0 Å². The highest BCUT2D eigenvalue weighted by molar-refractivity contribution is 5.90. The molecule has 0 bridgehead atoms. The molecule has 0 unspecified atom stereocenters. The Balaban J connectivity index is 1.82. The average Bonchev–Trinajstić information content (AvgIpc) is 2.86. The largest absolute Gasteiger partial charge is 0.550 e. The van der Waals surface area contributed by atoms with Crippen LogP contribution in [-0.4, -0.2) is 21.7 Å². The van der Waals surface area contributed by atoms with Gasteiger partial charge < -0.3 is 15.2 Å². The van der Waals surface area contributed by atoms with Crippen molar-refractivity contribution in [3.8, 4) is 0 Å². The van der Waals surface area contributed by atoms with E-state index in [1.807, 2.05) is 30.3 Å². The molecule has 0 saturated carbocycles. The van der Waals surface area contributed by atoms with E-state index in [0.717, 1.165) is 5.56 Å². The number of carboxylic acids is 1. The second-order valence-corrected chi connectivity index (χ2v) is 4.69. The summed E-state index contributed by atoms with van der Waals surface area (Å²) in [7, 11) is 0. The summed E-state index contributed by atoms with van der Waals surface area (Å²) in [6.45, 7) is 0.626. The van der Waals surface area contributed by atoms with E-state index < -0.39 is 5.97 Å². The van der Waals surface area contributed by atoms with Gasteiger partial charge in [0.2, 0.25) is 5.91 Å². The third kappa shape index (κ3) is 5.10. The van der Waals surface area contributed by atoms with Crippen LogP contribution in [0, 0.1) is 0 Å². The Morgan fingerprint density at radius 3 is 2.67 bits per heavy atom. The molecule has 6 nitrogen and oxygen atoms in total. The van der Waals surface area contributed by atoms with Gasteiger partial charge in [0.1, 0.15) is 0 Å². The molecule has 0 aliphatic heterocycles. The van der Waals surface area contributed by atoms with Gasteiger partial charge in [-0.3, -0.25) is 9.48 Å². The molecular weight excluding hydrogens is 270 g/mol. The molecule has 0 atom stereocenters. The molecule has 1 N–H and O–H groups in total. The van der Waals surface area contributed by atoms with Crippen molar-refractivity contribution in [1.82, 2.24) is 9.78 Å². The predicted molar refractivity (Wildman–Crippen MR) is 75.3 cm³/mol. The van der Waals surface area contributed by atoms with Gasteiger partial charge in [0.05, 0.1) is 18.4 Å². The molecule has 2 rings (SSSR count). The van der Waals surface area contributed by atoms with Crippen molar-refractivity contribution in [2.45, 2.75) is 25.8 Å². The van der Waals surface area contributed by atoms with E-state index in [0.29, 0.717) is 12.2 Å². The van der Waals surface area contributed by atoms with Crippen molar-refractivity contribution in [2.24, 2.45) is 0 Å². The number of nitrogens with zero attached hydrogens (tertiary/aromatic N) is 2. The number of benzene rings is 1. The van der Waals surface area contributed by atoms with E-state index >= 15 is 0 Å². The fourth-order valence-electron chi connectivity index (χ4n) is 1.90. The lowest BCUT2D eigenvalue weighted by Gasteiger charge is -2.03. The molecule has 110 valence electrons. The minimum absolute atomic E-state index is 0.110. The highest BCUT2D eigenvalue weighted by Crippen LogP contribution is 2.09. The molecule has 6 heteroatoms. The number of aliphatic carboxylic acids is 1. The quantitative estimate of drug-likeness (QED) is 0.815. The van der Waals surface area contributed by atoms with Gasteiger partial charge in [0.25, 0.3) is 0 Å². The van der Waals surface area contributed by atoms with E-state index in [1.54, 1.807) is 17.1 Å². The lowest BCUT2D eigenvalue weighted by Crippen LogP contribution is -2.22. The van der Waals surface area contributed by atoms with E-state index in [-0.39, 0.29) is 25.2 Å². The summed E-state index contributed by atoms with van der Waals surface area (Å²) in [5.74, 6) is -1.37. The SMILES string of the molecule is O=C([O-])CCCC(=O)Nc1cnn(Cc2ccccc2)c1. The molecular formula is C15H16N3O3-. The molecule has 0 aliphatic rings. The van der Waals surface area contributed by atoms with Gasteiger partial charge in [-0.05, 0) is 18.4 Å². The van der Waals surface area contributed by atoms with Crippen LogP contribution in [0.2, 0.25) is 0 Å². The number of hydrogen-bond acceptors (Lipinski definition) is 4. The molecule has 1 aromatic carbocycles. The first kappa shape index (κ1) is 14.8. The summed E-state index contributed by atoms with van der Waals surface area (Å²) in [6, 6.07) is 9.86. The Morgan fingerprint density at radius 2 is 1.95 bits per heavy atom. The van der Waals surface area contributed by atoms with Gasteiger partial charge >= 0.3 is 0 Å². The van der Waals surface area contributed by atoms with E-state index in [9.17, 15) is 14.7 Å². The van der Waals surface area contributed by atoms with Gasteiger partial charge in [-0.1, -0.05) is 30.3 Å². The summed E-state index contributed by atoms with van der Waals surface area (Å²) >= 11 is 0. The Kier molecular flexibility index (Phi) is 5.09. The van der Waals surface area contributed by atoms with Crippen LogP contribution in [0.1, 0.15) is 24.8 Å². The predicted octanol–water partition coefficient (Wildman–Crippen LogP) is 0.790. The summed E-state index contributed by atoms with van der Waals surface area (Å²) in [4.78, 5) is 21.9. The molecule has 2 aromatic rings. The molecule has 21 heavy (non-hydrogen) atoms. The van der Waals surface area contributed by atoms with E-state index in [4.69, 9.17) is 0 Å². The number of aromatic nitrogens is 2. The Hall–Kier alpha value is -2.63. The Bertz CT molecular complexity index is 608. The second-order valence-electron chi connectivity index (χ2n) is 4.69. The third-order valence-electron chi connectivity index (χ3n) is 2.89. The number of carbonyl (C=O) groups excluding carboxylic acids is 2. The van der Waals surface area contributed by atoms with Gasteiger partial charge in [-0.25, -0.2) is 0 Å². The van der Waals surface area contributed by atoms with Crippen molar-refractivity contribution in [2.75, 3.05) is 5.32 Å². The minimum atomic E-state index is -1.14. The van der Waals surface area contributed by atoms with Crippen molar-refractivity contribution < 1.29 is 14.7 Å². The summed E-state index contributed by atoms with van der Waals surface area (Å²) < 4.78 is 1.73. The van der Waals surface area contributed by atoms with Crippen molar-refractivity contribution in [3.63, 3.8) is 0 Å². The monoisotopic (exact) mass is 286 g/mol. The lowest BCUT2D eigenvalue weighted by atomic mass is 10.2. The van der Waals surface area contributed by atoms with Crippen LogP contribution < -0.4 is 10.4 Å². The number of hydrogen-bond donors (Lipinski definition) is 1. The number of carboxylic acid groups (broad SMARTS) is 1. The standard InChI is InChI=1S/C15H17N3O3/c19-14(7-4-8-15(20)21)17-13-9-16-18(11-13)10-12-5-2-1-3-6-12/h1-3,5-6,9,11H,4,7-8,10H2,(H,17,19)(H,20,21)/p-1. The van der Waals surface area contributed by atoms with Crippen LogP contribution in [0.25, 0.3) is 0 Å². The third-order valence-corrected chi connectivity index (χ3v) is 2.89. The zero-order valence-corrected chi connectivity index (χ0v) is 11.5. The summed E-state index contributed by atoms with van der Waals surface area (Å²) in [5, 5.41) is 17.1. The maximum Gasteiger partial charge on any atom is 0.224 e. The zero-order valence-electron chi connectivity index (χ0n) is 11.5. The van der Waals surface area contributed by atoms with Crippen LogP contribution in [0.4, 0.5) is 5.69 Å². The molecule has 1 heterocycles. The van der Waals surface area contributed by atoms with Crippen LogP contribution >= 0.6 is 0 Å². The maximum absolute atomic E-state index is 11.6. The summed E-state index contributed by atoms with van der Waals surface area (Å²) in [6.07, 6.45) is 3.62. The normalized spacial score (nSPS) is 10.3. The first-order valence-corrected chi connectivity index (χ1v) is 6.69. The molecule has 1 amide bonds. The molecule has 0 radical (unpaired) electrons. The van der Waals surface area contributed by atoms with Gasteiger partial charge in [-0.15, -0.1) is 0 Å². The molecule has 1 aromatic heterocycles. The highest BCUT2D eigenvalue weighted by atomic mass is 16.4. The van der Waals surface area contributed by atoms with Crippen molar-refractivity contribution in [1.29, 1.82) is 0 Å². The second kappa shape index (κ2) is 7.23. The summed E-state index contributed by atoms with van der Waals surface area (Å²) in [5.41, 5.74) is 1.72. The molecule has 0 saturated heterocycles. The van der Waals surface area contributed by atoms with E-state index in [2.05, 4.69) is 10.4 Å². The van der Waals surface area contributed by atoms with Gasteiger partial charge in [0, 0.05) is 18.6 Å². The fourth-order valence-corrected chi connectivity index (χ4v) is 1.90.